The molecule has 2 unspecified atom stereocenters. The molecule has 6 heteroatoms. The van der Waals surface area contributed by atoms with Gasteiger partial charge in [0.15, 0.2) is 0 Å². The van der Waals surface area contributed by atoms with Gasteiger partial charge in [-0.25, -0.2) is 0 Å². The van der Waals surface area contributed by atoms with E-state index in [4.69, 9.17) is 10.2 Å². The van der Waals surface area contributed by atoms with Crippen molar-refractivity contribution in [3.63, 3.8) is 0 Å². The predicted octanol–water partition coefficient (Wildman–Crippen LogP) is 0.324. The second-order valence-corrected chi connectivity index (χ2v) is 5.19. The molecule has 2 saturated carbocycles. The van der Waals surface area contributed by atoms with E-state index in [-0.39, 0.29) is 6.42 Å². The molecular weight excluding hydrogens is 238 g/mol. The lowest BCUT2D eigenvalue weighted by Gasteiger charge is -2.38. The number of rotatable bonds is 5. The van der Waals surface area contributed by atoms with Gasteiger partial charge >= 0.3 is 11.9 Å². The van der Waals surface area contributed by atoms with Gasteiger partial charge in [-0.1, -0.05) is 6.42 Å². The van der Waals surface area contributed by atoms with Gasteiger partial charge in [-0.15, -0.1) is 0 Å². The zero-order valence-corrected chi connectivity index (χ0v) is 9.96. The highest BCUT2D eigenvalue weighted by Gasteiger charge is 2.53. The van der Waals surface area contributed by atoms with E-state index in [1.165, 1.54) is 6.42 Å². The third-order valence-corrected chi connectivity index (χ3v) is 4.10. The maximum atomic E-state index is 11.9. The monoisotopic (exact) mass is 255 g/mol. The van der Waals surface area contributed by atoms with E-state index in [0.717, 1.165) is 12.8 Å². The van der Waals surface area contributed by atoms with Crippen LogP contribution >= 0.6 is 0 Å². The minimum atomic E-state index is -1.09. The van der Waals surface area contributed by atoms with Crippen molar-refractivity contribution in [2.24, 2.45) is 23.7 Å². The lowest BCUT2D eigenvalue weighted by atomic mass is 9.64. The number of carboxylic acid groups (broad SMARTS) is 2. The second kappa shape index (κ2) is 4.96. The number of aliphatic carboxylic acids is 2. The summed E-state index contributed by atoms with van der Waals surface area (Å²) in [6.45, 7) is 0.536. The third-order valence-electron chi connectivity index (χ3n) is 4.10. The highest BCUT2D eigenvalue weighted by Crippen LogP contribution is 2.41. The van der Waals surface area contributed by atoms with Crippen LogP contribution in [0.4, 0.5) is 0 Å². The van der Waals surface area contributed by atoms with Crippen LogP contribution < -0.4 is 5.32 Å². The highest BCUT2D eigenvalue weighted by molar-refractivity contribution is 5.92. The molecular formula is C12H17NO5. The molecule has 100 valence electrons. The summed E-state index contributed by atoms with van der Waals surface area (Å²) in [5.74, 6) is -4.75. The summed E-state index contributed by atoms with van der Waals surface area (Å²) in [5, 5.41) is 20.5. The first kappa shape index (κ1) is 12.9. The molecule has 18 heavy (non-hydrogen) atoms. The largest absolute Gasteiger partial charge is 0.481 e. The first-order valence-corrected chi connectivity index (χ1v) is 6.24. The number of carbonyl (C=O) groups is 3. The minimum absolute atomic E-state index is 0.0478. The Morgan fingerprint density at radius 3 is 2.00 bits per heavy atom. The Kier molecular flexibility index (Phi) is 3.54. The van der Waals surface area contributed by atoms with Crippen molar-refractivity contribution >= 4 is 17.8 Å². The van der Waals surface area contributed by atoms with Crippen molar-refractivity contribution in [2.45, 2.75) is 25.7 Å². The molecule has 2 aliphatic carbocycles. The van der Waals surface area contributed by atoms with Gasteiger partial charge in [-0.2, -0.15) is 0 Å². The first-order valence-electron chi connectivity index (χ1n) is 6.24. The predicted molar refractivity (Wildman–Crippen MR) is 60.7 cm³/mol. The van der Waals surface area contributed by atoms with Gasteiger partial charge in [0.05, 0.1) is 17.8 Å². The Hall–Kier alpha value is -1.59. The molecule has 0 heterocycles. The molecule has 2 rings (SSSR count). The topological polar surface area (TPSA) is 104 Å². The van der Waals surface area contributed by atoms with Crippen LogP contribution in [-0.4, -0.2) is 34.6 Å². The van der Waals surface area contributed by atoms with E-state index in [2.05, 4.69) is 5.32 Å². The average molecular weight is 255 g/mol. The number of hydrogen-bond acceptors (Lipinski definition) is 3. The molecule has 0 aliphatic heterocycles. The second-order valence-electron chi connectivity index (χ2n) is 5.19. The standard InChI is InChI=1S/C12H17NO5/c14-10(13-5-6-2-1-3-6)9-7(11(15)16)4-8(9)12(17)18/h6-9H,1-5H2,(H,13,14)(H,15,16)(H,17,18). The molecule has 2 aliphatic rings. The Balaban J connectivity index is 1.91. The van der Waals surface area contributed by atoms with Gasteiger partial charge in [-0.3, -0.25) is 14.4 Å². The van der Waals surface area contributed by atoms with E-state index in [1.807, 2.05) is 0 Å². The fraction of sp³-hybridized carbons (Fsp3) is 0.750. The van der Waals surface area contributed by atoms with Crippen LogP contribution in [0, 0.1) is 23.7 Å². The molecule has 6 nitrogen and oxygen atoms in total. The van der Waals surface area contributed by atoms with Crippen LogP contribution in [-0.2, 0) is 14.4 Å². The van der Waals surface area contributed by atoms with Crippen molar-refractivity contribution in [1.29, 1.82) is 0 Å². The van der Waals surface area contributed by atoms with Crippen LogP contribution in [0.5, 0.6) is 0 Å². The molecule has 0 bridgehead atoms. The summed E-state index contributed by atoms with van der Waals surface area (Å²) < 4.78 is 0. The Labute approximate surface area is 104 Å². The smallest absolute Gasteiger partial charge is 0.307 e. The van der Waals surface area contributed by atoms with E-state index in [1.54, 1.807) is 0 Å². The summed E-state index contributed by atoms with van der Waals surface area (Å²) in [7, 11) is 0. The van der Waals surface area contributed by atoms with Crippen LogP contribution in [0.15, 0.2) is 0 Å². The van der Waals surface area contributed by atoms with Crippen molar-refractivity contribution in [3.8, 4) is 0 Å². The molecule has 1 amide bonds. The quantitative estimate of drug-likeness (QED) is 0.656. The van der Waals surface area contributed by atoms with E-state index >= 15 is 0 Å². The maximum absolute atomic E-state index is 11.9. The van der Waals surface area contributed by atoms with Gasteiger partial charge in [0.1, 0.15) is 0 Å². The summed E-state index contributed by atoms with van der Waals surface area (Å²) in [6.07, 6.45) is 3.37. The van der Waals surface area contributed by atoms with Crippen molar-refractivity contribution < 1.29 is 24.6 Å². The van der Waals surface area contributed by atoms with E-state index in [9.17, 15) is 14.4 Å². The molecule has 0 spiro atoms. The van der Waals surface area contributed by atoms with E-state index < -0.39 is 35.6 Å². The average Bonchev–Trinajstić information content (AvgIpc) is 2.11. The molecule has 0 aromatic rings. The Bertz CT molecular complexity index is 357. The van der Waals surface area contributed by atoms with E-state index in [0.29, 0.717) is 12.5 Å². The fourth-order valence-electron chi connectivity index (χ4n) is 2.59. The number of amides is 1. The maximum Gasteiger partial charge on any atom is 0.307 e. The zero-order chi connectivity index (χ0) is 13.3. The first-order chi connectivity index (χ1) is 8.50. The number of nitrogens with one attached hydrogen (secondary N) is 1. The minimum Gasteiger partial charge on any atom is -0.481 e. The van der Waals surface area contributed by atoms with Crippen molar-refractivity contribution in [2.75, 3.05) is 6.54 Å². The van der Waals surface area contributed by atoms with Crippen LogP contribution in [0.25, 0.3) is 0 Å². The summed E-state index contributed by atoms with van der Waals surface area (Å²) in [6, 6.07) is 0. The van der Waals surface area contributed by atoms with Crippen LogP contribution in [0.1, 0.15) is 25.7 Å². The normalized spacial score (nSPS) is 31.0. The SMILES string of the molecule is O=C(O)C1CC(C(=O)O)C1C(=O)NCC1CCC1. The molecule has 0 saturated heterocycles. The molecule has 0 aromatic heterocycles. The lowest BCUT2D eigenvalue weighted by molar-refractivity contribution is -0.167. The zero-order valence-electron chi connectivity index (χ0n) is 9.96. The van der Waals surface area contributed by atoms with Crippen molar-refractivity contribution in [3.05, 3.63) is 0 Å². The van der Waals surface area contributed by atoms with Gasteiger partial charge in [0, 0.05) is 6.54 Å². The molecule has 2 atom stereocenters. The molecule has 2 fully saturated rings. The van der Waals surface area contributed by atoms with Gasteiger partial charge in [0.2, 0.25) is 5.91 Å². The molecule has 0 radical (unpaired) electrons. The van der Waals surface area contributed by atoms with Gasteiger partial charge < -0.3 is 15.5 Å². The summed E-state index contributed by atoms with van der Waals surface area (Å²) in [4.78, 5) is 33.7. The Morgan fingerprint density at radius 1 is 1.06 bits per heavy atom. The number of carbonyl (C=O) groups excluding carboxylic acids is 1. The lowest BCUT2D eigenvalue weighted by Crippen LogP contribution is -2.53. The fourth-order valence-corrected chi connectivity index (χ4v) is 2.59. The number of hydrogen-bond donors (Lipinski definition) is 3. The van der Waals surface area contributed by atoms with Gasteiger partial charge in [0.25, 0.3) is 0 Å². The highest BCUT2D eigenvalue weighted by atomic mass is 16.4. The van der Waals surface area contributed by atoms with Crippen molar-refractivity contribution in [1.82, 2.24) is 5.32 Å². The number of carboxylic acids is 2. The molecule has 0 aromatic carbocycles. The van der Waals surface area contributed by atoms with Crippen LogP contribution in [0.3, 0.4) is 0 Å². The Morgan fingerprint density at radius 2 is 1.61 bits per heavy atom. The van der Waals surface area contributed by atoms with Gasteiger partial charge in [-0.05, 0) is 25.2 Å². The molecule has 3 N–H and O–H groups in total. The van der Waals surface area contributed by atoms with Crippen LogP contribution in [0.2, 0.25) is 0 Å². The summed E-state index contributed by atoms with van der Waals surface area (Å²) >= 11 is 0. The summed E-state index contributed by atoms with van der Waals surface area (Å²) in [5.41, 5.74) is 0. The third kappa shape index (κ3) is 2.32.